The van der Waals surface area contributed by atoms with E-state index in [-0.39, 0.29) is 22.1 Å². The maximum absolute atomic E-state index is 12.0. The van der Waals surface area contributed by atoms with E-state index in [2.05, 4.69) is 5.32 Å². The summed E-state index contributed by atoms with van der Waals surface area (Å²) in [7, 11) is 0. The van der Waals surface area contributed by atoms with Gasteiger partial charge < -0.3 is 15.5 Å². The SMILES string of the molecule is Cc1ccc(O)c(C(=O)Nc2ccc(O)cc2Cl)c1. The second kappa shape index (κ2) is 5.20. The largest absolute Gasteiger partial charge is 0.508 e. The Balaban J connectivity index is 2.28. The van der Waals surface area contributed by atoms with Crippen molar-refractivity contribution >= 4 is 23.2 Å². The van der Waals surface area contributed by atoms with Crippen LogP contribution in [-0.4, -0.2) is 16.1 Å². The Labute approximate surface area is 115 Å². The van der Waals surface area contributed by atoms with Gasteiger partial charge in [-0.1, -0.05) is 23.2 Å². The summed E-state index contributed by atoms with van der Waals surface area (Å²) in [5.74, 6) is -0.548. The summed E-state index contributed by atoms with van der Waals surface area (Å²) in [6.45, 7) is 1.82. The summed E-state index contributed by atoms with van der Waals surface area (Å²) in [4.78, 5) is 12.0. The van der Waals surface area contributed by atoms with Gasteiger partial charge in [-0.15, -0.1) is 0 Å². The maximum Gasteiger partial charge on any atom is 0.259 e. The Morgan fingerprint density at radius 3 is 2.58 bits per heavy atom. The van der Waals surface area contributed by atoms with Gasteiger partial charge in [0.05, 0.1) is 16.3 Å². The lowest BCUT2D eigenvalue weighted by Gasteiger charge is -2.09. The number of benzene rings is 2. The highest BCUT2D eigenvalue weighted by Gasteiger charge is 2.13. The summed E-state index contributed by atoms with van der Waals surface area (Å²) >= 11 is 5.89. The van der Waals surface area contributed by atoms with E-state index in [4.69, 9.17) is 11.6 Å². The number of phenolic OH excluding ortho intramolecular Hbond substituents is 2. The number of anilines is 1. The standard InChI is InChI=1S/C14H12ClNO3/c1-8-2-5-13(18)10(6-8)14(19)16-12-4-3-9(17)7-11(12)15/h2-7,17-18H,1H3,(H,16,19). The van der Waals surface area contributed by atoms with Crippen LogP contribution in [0.25, 0.3) is 0 Å². The molecule has 0 saturated carbocycles. The molecule has 0 aliphatic carbocycles. The van der Waals surface area contributed by atoms with Gasteiger partial charge in [0.2, 0.25) is 0 Å². The maximum atomic E-state index is 12.0. The molecule has 0 unspecified atom stereocenters. The number of hydrogen-bond donors (Lipinski definition) is 3. The molecule has 0 spiro atoms. The van der Waals surface area contributed by atoms with Crippen molar-refractivity contribution < 1.29 is 15.0 Å². The van der Waals surface area contributed by atoms with Crippen LogP contribution in [0.4, 0.5) is 5.69 Å². The predicted octanol–water partition coefficient (Wildman–Crippen LogP) is 3.31. The Kier molecular flexibility index (Phi) is 3.62. The van der Waals surface area contributed by atoms with Gasteiger partial charge in [0, 0.05) is 6.07 Å². The van der Waals surface area contributed by atoms with Gasteiger partial charge in [-0.25, -0.2) is 0 Å². The zero-order valence-electron chi connectivity index (χ0n) is 10.1. The smallest absolute Gasteiger partial charge is 0.259 e. The minimum Gasteiger partial charge on any atom is -0.508 e. The van der Waals surface area contributed by atoms with Crippen LogP contribution in [0, 0.1) is 6.92 Å². The molecule has 0 radical (unpaired) electrons. The number of nitrogens with one attached hydrogen (secondary N) is 1. The van der Waals surface area contributed by atoms with Crippen molar-refractivity contribution in [2.24, 2.45) is 0 Å². The van der Waals surface area contributed by atoms with E-state index in [9.17, 15) is 15.0 Å². The molecule has 0 aliphatic heterocycles. The van der Waals surface area contributed by atoms with Crippen molar-refractivity contribution in [2.75, 3.05) is 5.32 Å². The van der Waals surface area contributed by atoms with Crippen molar-refractivity contribution in [1.82, 2.24) is 0 Å². The molecule has 0 saturated heterocycles. The van der Waals surface area contributed by atoms with E-state index in [0.29, 0.717) is 5.69 Å². The number of phenols is 2. The van der Waals surface area contributed by atoms with E-state index in [1.807, 2.05) is 6.92 Å². The highest BCUT2D eigenvalue weighted by Crippen LogP contribution is 2.27. The molecule has 0 fully saturated rings. The van der Waals surface area contributed by atoms with Crippen LogP contribution in [-0.2, 0) is 0 Å². The second-order valence-corrected chi connectivity index (χ2v) is 4.55. The molecule has 98 valence electrons. The number of hydrogen-bond acceptors (Lipinski definition) is 3. The first-order valence-corrected chi connectivity index (χ1v) is 5.94. The van der Waals surface area contributed by atoms with E-state index in [1.165, 1.54) is 24.3 Å². The van der Waals surface area contributed by atoms with Crippen LogP contribution in [0.5, 0.6) is 11.5 Å². The highest BCUT2D eigenvalue weighted by atomic mass is 35.5. The predicted molar refractivity (Wildman–Crippen MR) is 73.9 cm³/mol. The van der Waals surface area contributed by atoms with Crippen LogP contribution in [0.2, 0.25) is 5.02 Å². The Morgan fingerprint density at radius 1 is 1.16 bits per heavy atom. The molecule has 0 bridgehead atoms. The number of rotatable bonds is 2. The fourth-order valence-electron chi connectivity index (χ4n) is 1.63. The molecule has 0 atom stereocenters. The van der Waals surface area contributed by atoms with Crippen molar-refractivity contribution in [3.05, 3.63) is 52.5 Å². The summed E-state index contributed by atoms with van der Waals surface area (Å²) < 4.78 is 0. The summed E-state index contributed by atoms with van der Waals surface area (Å²) in [5.41, 5.74) is 1.40. The number of halogens is 1. The fraction of sp³-hybridized carbons (Fsp3) is 0.0714. The van der Waals surface area contributed by atoms with Gasteiger partial charge in [-0.3, -0.25) is 4.79 Å². The van der Waals surface area contributed by atoms with Gasteiger partial charge >= 0.3 is 0 Å². The molecule has 3 N–H and O–H groups in total. The minimum absolute atomic E-state index is 0.0152. The van der Waals surface area contributed by atoms with E-state index in [1.54, 1.807) is 12.1 Å². The first-order valence-electron chi connectivity index (χ1n) is 5.57. The third kappa shape index (κ3) is 2.98. The normalized spacial score (nSPS) is 10.2. The first-order chi connectivity index (χ1) is 8.97. The molecule has 5 heteroatoms. The molecule has 0 heterocycles. The monoisotopic (exact) mass is 277 g/mol. The zero-order valence-corrected chi connectivity index (χ0v) is 10.9. The number of aromatic hydroxyl groups is 2. The van der Waals surface area contributed by atoms with E-state index in [0.717, 1.165) is 5.56 Å². The number of carbonyl (C=O) groups is 1. The lowest BCUT2D eigenvalue weighted by molar-refractivity contribution is 0.102. The van der Waals surface area contributed by atoms with Crippen molar-refractivity contribution in [1.29, 1.82) is 0 Å². The Bertz CT molecular complexity index is 641. The second-order valence-electron chi connectivity index (χ2n) is 4.14. The number of carbonyl (C=O) groups excluding carboxylic acids is 1. The molecular weight excluding hydrogens is 266 g/mol. The lowest BCUT2D eigenvalue weighted by Crippen LogP contribution is -2.12. The lowest BCUT2D eigenvalue weighted by atomic mass is 10.1. The molecule has 2 aromatic carbocycles. The minimum atomic E-state index is -0.464. The van der Waals surface area contributed by atoms with E-state index < -0.39 is 5.91 Å². The third-order valence-electron chi connectivity index (χ3n) is 2.60. The first kappa shape index (κ1) is 13.2. The van der Waals surface area contributed by atoms with Gasteiger partial charge in [0.15, 0.2) is 0 Å². The van der Waals surface area contributed by atoms with Gasteiger partial charge in [0.25, 0.3) is 5.91 Å². The highest BCUT2D eigenvalue weighted by molar-refractivity contribution is 6.34. The van der Waals surface area contributed by atoms with Crippen LogP contribution >= 0.6 is 11.6 Å². The summed E-state index contributed by atoms with van der Waals surface area (Å²) in [5, 5.41) is 21.7. The number of amides is 1. The van der Waals surface area contributed by atoms with Crippen LogP contribution in [0.15, 0.2) is 36.4 Å². The van der Waals surface area contributed by atoms with Gasteiger partial charge in [0.1, 0.15) is 11.5 Å². The molecule has 1 amide bonds. The van der Waals surface area contributed by atoms with Crippen LogP contribution in [0.3, 0.4) is 0 Å². The molecular formula is C14H12ClNO3. The third-order valence-corrected chi connectivity index (χ3v) is 2.91. The topological polar surface area (TPSA) is 69.6 Å². The molecule has 2 aromatic rings. The van der Waals surface area contributed by atoms with Crippen molar-refractivity contribution in [3.8, 4) is 11.5 Å². The molecule has 0 aromatic heterocycles. The van der Waals surface area contributed by atoms with E-state index >= 15 is 0 Å². The molecule has 4 nitrogen and oxygen atoms in total. The van der Waals surface area contributed by atoms with Gasteiger partial charge in [-0.05, 0) is 31.2 Å². The molecule has 0 aliphatic rings. The molecule has 19 heavy (non-hydrogen) atoms. The Morgan fingerprint density at radius 2 is 1.89 bits per heavy atom. The average Bonchev–Trinajstić information content (AvgIpc) is 2.35. The van der Waals surface area contributed by atoms with Crippen LogP contribution in [0.1, 0.15) is 15.9 Å². The van der Waals surface area contributed by atoms with Gasteiger partial charge in [-0.2, -0.15) is 0 Å². The number of aryl methyl sites for hydroxylation is 1. The molecule has 2 rings (SSSR count). The fourth-order valence-corrected chi connectivity index (χ4v) is 1.85. The Hall–Kier alpha value is -2.20. The summed E-state index contributed by atoms with van der Waals surface area (Å²) in [6, 6.07) is 8.98. The zero-order chi connectivity index (χ0) is 14.0. The summed E-state index contributed by atoms with van der Waals surface area (Å²) in [6.07, 6.45) is 0. The average molecular weight is 278 g/mol. The van der Waals surface area contributed by atoms with Crippen molar-refractivity contribution in [2.45, 2.75) is 6.92 Å². The van der Waals surface area contributed by atoms with Crippen LogP contribution < -0.4 is 5.32 Å². The van der Waals surface area contributed by atoms with Crippen molar-refractivity contribution in [3.63, 3.8) is 0 Å². The quantitative estimate of drug-likeness (QED) is 0.738.